The van der Waals surface area contributed by atoms with Crippen LogP contribution in [0.15, 0.2) is 33.6 Å². The van der Waals surface area contributed by atoms with E-state index in [1.807, 2.05) is 6.92 Å². The van der Waals surface area contributed by atoms with Gasteiger partial charge in [0, 0.05) is 11.1 Å². The second kappa shape index (κ2) is 9.02. The fraction of sp³-hybridized carbons (Fsp3) is 0.238. The third kappa shape index (κ3) is 4.35. The molecule has 4 rings (SSSR count). The minimum Gasteiger partial charge on any atom is -0.492 e. The van der Waals surface area contributed by atoms with Crippen LogP contribution in [-0.2, 0) is 11.3 Å². The Labute approximate surface area is 196 Å². The van der Waals surface area contributed by atoms with Crippen molar-refractivity contribution in [1.29, 1.82) is 0 Å². The van der Waals surface area contributed by atoms with Crippen molar-refractivity contribution in [2.75, 3.05) is 20.5 Å². The van der Waals surface area contributed by atoms with Gasteiger partial charge in [0.15, 0.2) is 23.0 Å². The van der Waals surface area contributed by atoms with Crippen LogP contribution in [0, 0.1) is 0 Å². The predicted molar refractivity (Wildman–Crippen MR) is 121 cm³/mol. The molecule has 0 bridgehead atoms. The van der Waals surface area contributed by atoms with E-state index in [9.17, 15) is 9.59 Å². The van der Waals surface area contributed by atoms with Crippen LogP contribution < -0.4 is 18.9 Å². The molecule has 2 amide bonds. The summed E-state index contributed by atoms with van der Waals surface area (Å²) >= 11 is 10.6. The van der Waals surface area contributed by atoms with Crippen molar-refractivity contribution >= 4 is 56.5 Å². The summed E-state index contributed by atoms with van der Waals surface area (Å²) in [4.78, 5) is 26.9. The van der Waals surface area contributed by atoms with Gasteiger partial charge in [-0.1, -0.05) is 11.6 Å². The smallest absolute Gasteiger partial charge is 0.293 e. The van der Waals surface area contributed by atoms with Gasteiger partial charge in [0.1, 0.15) is 0 Å². The Kier molecular flexibility index (Phi) is 6.36. The molecular formula is C21H17BrClNO6S. The first kappa shape index (κ1) is 21.9. The Morgan fingerprint density at radius 1 is 1.23 bits per heavy atom. The number of fused-ring (bicyclic) bond motifs is 1. The lowest BCUT2D eigenvalue weighted by atomic mass is 10.1. The molecule has 162 valence electrons. The van der Waals surface area contributed by atoms with Crippen LogP contribution in [0.3, 0.4) is 0 Å². The van der Waals surface area contributed by atoms with Crippen LogP contribution in [0.4, 0.5) is 4.79 Å². The summed E-state index contributed by atoms with van der Waals surface area (Å²) in [6.07, 6.45) is 1.65. The van der Waals surface area contributed by atoms with E-state index in [0.29, 0.717) is 55.1 Å². The minimum absolute atomic E-state index is 0.0357. The zero-order valence-corrected chi connectivity index (χ0v) is 19.7. The molecule has 10 heteroatoms. The van der Waals surface area contributed by atoms with Crippen molar-refractivity contribution in [2.45, 2.75) is 13.5 Å². The van der Waals surface area contributed by atoms with Crippen molar-refractivity contribution in [3.63, 3.8) is 0 Å². The number of imide groups is 1. The highest BCUT2D eigenvalue weighted by molar-refractivity contribution is 9.10. The van der Waals surface area contributed by atoms with E-state index in [0.717, 1.165) is 16.7 Å². The van der Waals surface area contributed by atoms with Gasteiger partial charge < -0.3 is 18.9 Å². The molecule has 0 atom stereocenters. The van der Waals surface area contributed by atoms with Gasteiger partial charge in [-0.15, -0.1) is 0 Å². The van der Waals surface area contributed by atoms with Crippen LogP contribution in [-0.4, -0.2) is 36.6 Å². The molecule has 1 fully saturated rings. The van der Waals surface area contributed by atoms with Crippen LogP contribution in [0.1, 0.15) is 18.1 Å². The average molecular weight is 527 g/mol. The normalized spacial score (nSPS) is 16.4. The Morgan fingerprint density at radius 3 is 2.68 bits per heavy atom. The first-order chi connectivity index (χ1) is 14.9. The second-order valence-electron chi connectivity index (χ2n) is 6.53. The molecule has 2 aromatic rings. The molecule has 0 N–H and O–H groups in total. The molecule has 0 radical (unpaired) electrons. The number of halogens is 2. The van der Waals surface area contributed by atoms with Crippen molar-refractivity contribution in [3.05, 3.63) is 49.8 Å². The van der Waals surface area contributed by atoms with Crippen molar-refractivity contribution < 1.29 is 28.5 Å². The molecule has 0 spiro atoms. The maximum absolute atomic E-state index is 12.9. The van der Waals surface area contributed by atoms with E-state index in [1.165, 1.54) is 0 Å². The quantitative estimate of drug-likeness (QED) is 0.462. The van der Waals surface area contributed by atoms with E-state index in [2.05, 4.69) is 15.9 Å². The molecular weight excluding hydrogens is 510 g/mol. The number of nitrogens with zero attached hydrogens (tertiary/aromatic N) is 1. The third-order valence-corrected chi connectivity index (χ3v) is 6.43. The molecule has 7 nitrogen and oxygen atoms in total. The maximum atomic E-state index is 12.9. The van der Waals surface area contributed by atoms with E-state index >= 15 is 0 Å². The van der Waals surface area contributed by atoms with Crippen LogP contribution >= 0.6 is 39.3 Å². The fourth-order valence-electron chi connectivity index (χ4n) is 3.17. The second-order valence-corrected chi connectivity index (χ2v) is 8.79. The number of rotatable bonds is 6. The Morgan fingerprint density at radius 2 is 1.97 bits per heavy atom. The van der Waals surface area contributed by atoms with E-state index in [-0.39, 0.29) is 18.6 Å². The SMILES string of the molecule is CCOc1cc(/C=C2/SC(=O)N(Cc3cc4c(cc3Cl)OCO4)C2=O)cc(Br)c1OC. The number of benzene rings is 2. The van der Waals surface area contributed by atoms with E-state index in [1.54, 1.807) is 37.5 Å². The van der Waals surface area contributed by atoms with Crippen molar-refractivity contribution in [3.8, 4) is 23.0 Å². The minimum atomic E-state index is -0.395. The lowest BCUT2D eigenvalue weighted by molar-refractivity contribution is -0.123. The topological polar surface area (TPSA) is 74.3 Å². The Balaban J connectivity index is 1.59. The van der Waals surface area contributed by atoms with Gasteiger partial charge >= 0.3 is 0 Å². The zero-order chi connectivity index (χ0) is 22.1. The van der Waals surface area contributed by atoms with Gasteiger partial charge in [-0.05, 0) is 70.0 Å². The zero-order valence-electron chi connectivity index (χ0n) is 16.6. The number of thioether (sulfide) groups is 1. The van der Waals surface area contributed by atoms with Gasteiger partial charge in [0.25, 0.3) is 11.1 Å². The highest BCUT2D eigenvalue weighted by Crippen LogP contribution is 2.41. The summed E-state index contributed by atoms with van der Waals surface area (Å²) in [5.41, 5.74) is 1.29. The number of hydrogen-bond donors (Lipinski definition) is 0. The average Bonchev–Trinajstić information content (AvgIpc) is 3.27. The molecule has 0 aliphatic carbocycles. The number of amides is 2. The molecule has 2 heterocycles. The largest absolute Gasteiger partial charge is 0.492 e. The summed E-state index contributed by atoms with van der Waals surface area (Å²) in [6.45, 7) is 2.47. The molecule has 1 saturated heterocycles. The van der Waals surface area contributed by atoms with Gasteiger partial charge in [0.05, 0.1) is 29.6 Å². The molecule has 0 saturated carbocycles. The number of ether oxygens (including phenoxy) is 4. The van der Waals surface area contributed by atoms with Gasteiger partial charge in [-0.25, -0.2) is 0 Å². The standard InChI is InChI=1S/C21H17BrClNO6S/c1-3-28-17-5-11(4-13(22)19(17)27-2)6-18-20(25)24(21(26)31-18)9-12-7-15-16(8-14(12)23)30-10-29-15/h4-8H,3,9-10H2,1-2H3/b18-6+. The van der Waals surface area contributed by atoms with E-state index < -0.39 is 5.91 Å². The fourth-order valence-corrected chi connectivity index (χ4v) is 4.84. The maximum Gasteiger partial charge on any atom is 0.293 e. The first-order valence-electron chi connectivity index (χ1n) is 9.25. The molecule has 0 aromatic heterocycles. The highest BCUT2D eigenvalue weighted by Gasteiger charge is 2.36. The molecule has 2 aliphatic rings. The summed E-state index contributed by atoms with van der Waals surface area (Å²) in [5.74, 6) is 1.78. The lowest BCUT2D eigenvalue weighted by Gasteiger charge is -2.14. The first-order valence-corrected chi connectivity index (χ1v) is 11.2. The third-order valence-electron chi connectivity index (χ3n) is 4.58. The molecule has 0 unspecified atom stereocenters. The number of methoxy groups -OCH3 is 1. The summed E-state index contributed by atoms with van der Waals surface area (Å²) in [7, 11) is 1.55. The monoisotopic (exact) mass is 525 g/mol. The Bertz CT molecular complexity index is 1110. The summed E-state index contributed by atoms with van der Waals surface area (Å²) < 4.78 is 22.3. The molecule has 2 aliphatic heterocycles. The van der Waals surface area contributed by atoms with Crippen LogP contribution in [0.5, 0.6) is 23.0 Å². The lowest BCUT2D eigenvalue weighted by Crippen LogP contribution is -2.27. The van der Waals surface area contributed by atoms with Gasteiger partial charge in [0.2, 0.25) is 6.79 Å². The number of carbonyl (C=O) groups excluding carboxylic acids is 2. The summed E-state index contributed by atoms with van der Waals surface area (Å²) in [6, 6.07) is 6.87. The summed E-state index contributed by atoms with van der Waals surface area (Å²) in [5, 5.41) is 0.0234. The van der Waals surface area contributed by atoms with Crippen molar-refractivity contribution in [1.82, 2.24) is 4.90 Å². The Hall–Kier alpha value is -2.36. The van der Waals surface area contributed by atoms with E-state index in [4.69, 9.17) is 30.5 Å². The molecule has 31 heavy (non-hydrogen) atoms. The number of carbonyl (C=O) groups is 2. The highest BCUT2D eigenvalue weighted by atomic mass is 79.9. The van der Waals surface area contributed by atoms with Gasteiger partial charge in [-0.2, -0.15) is 0 Å². The van der Waals surface area contributed by atoms with Crippen molar-refractivity contribution in [2.24, 2.45) is 0 Å². The van der Waals surface area contributed by atoms with Crippen LogP contribution in [0.2, 0.25) is 5.02 Å². The predicted octanol–water partition coefficient (Wildman–Crippen LogP) is 5.48. The van der Waals surface area contributed by atoms with Crippen LogP contribution in [0.25, 0.3) is 6.08 Å². The number of hydrogen-bond acceptors (Lipinski definition) is 7. The molecule has 2 aromatic carbocycles. The van der Waals surface area contributed by atoms with Gasteiger partial charge in [-0.3, -0.25) is 14.5 Å².